The summed E-state index contributed by atoms with van der Waals surface area (Å²) in [5, 5.41) is 0.511. The van der Waals surface area contributed by atoms with Crippen LogP contribution in [0.2, 0.25) is 5.02 Å². The Morgan fingerprint density at radius 3 is 2.65 bits per heavy atom. The van der Waals surface area contributed by atoms with E-state index in [0.29, 0.717) is 34.8 Å². The van der Waals surface area contributed by atoms with Crippen molar-refractivity contribution in [3.05, 3.63) is 58.6 Å². The third-order valence-electron chi connectivity index (χ3n) is 3.97. The van der Waals surface area contributed by atoms with Crippen LogP contribution >= 0.6 is 11.6 Å². The molecule has 1 amide bonds. The van der Waals surface area contributed by atoms with Crippen LogP contribution in [0.5, 0.6) is 0 Å². The summed E-state index contributed by atoms with van der Waals surface area (Å²) in [5.41, 5.74) is 2.60. The average Bonchev–Trinajstić information content (AvgIpc) is 2.54. The summed E-state index contributed by atoms with van der Waals surface area (Å²) >= 11 is 6.06. The number of rotatable bonds is 2. The quantitative estimate of drug-likeness (QED) is 0.845. The summed E-state index contributed by atoms with van der Waals surface area (Å²) < 4.78 is 0. The highest BCUT2D eigenvalue weighted by Crippen LogP contribution is 2.32. The first-order valence-corrected chi connectivity index (χ1v) is 7.78. The summed E-state index contributed by atoms with van der Waals surface area (Å²) in [6, 6.07) is 12.5. The molecule has 0 saturated heterocycles. The molecule has 2 aromatic carbocycles. The molecule has 0 N–H and O–H groups in total. The molecule has 0 saturated carbocycles. The van der Waals surface area contributed by atoms with Crippen molar-refractivity contribution >= 4 is 34.7 Å². The summed E-state index contributed by atoms with van der Waals surface area (Å²) in [7, 11) is 3.80. The van der Waals surface area contributed by atoms with Gasteiger partial charge in [-0.25, -0.2) is 0 Å². The van der Waals surface area contributed by atoms with E-state index in [9.17, 15) is 9.59 Å². The molecule has 0 spiro atoms. The zero-order valence-electron chi connectivity index (χ0n) is 13.0. The second kappa shape index (κ2) is 6.05. The van der Waals surface area contributed by atoms with Gasteiger partial charge in [0.2, 0.25) is 0 Å². The Labute approximate surface area is 140 Å². The maximum atomic E-state index is 13.1. The number of carbonyl (C=O) groups is 2. The van der Waals surface area contributed by atoms with Gasteiger partial charge in [-0.3, -0.25) is 9.59 Å². The summed E-state index contributed by atoms with van der Waals surface area (Å²) in [6.07, 6.45) is 0.324. The maximum Gasteiger partial charge on any atom is 0.260 e. The molecule has 0 fully saturated rings. The van der Waals surface area contributed by atoms with Crippen molar-refractivity contribution in [1.82, 2.24) is 0 Å². The number of Topliss-reactive ketones (excluding diaryl/α,β-unsaturated/α-hetero) is 1. The van der Waals surface area contributed by atoms with Gasteiger partial charge in [0.05, 0.1) is 11.3 Å². The van der Waals surface area contributed by atoms with E-state index in [2.05, 4.69) is 0 Å². The van der Waals surface area contributed by atoms with E-state index in [4.69, 9.17) is 11.6 Å². The van der Waals surface area contributed by atoms with Crippen molar-refractivity contribution in [3.63, 3.8) is 0 Å². The molecule has 1 aliphatic rings. The molecule has 2 aromatic rings. The van der Waals surface area contributed by atoms with Crippen LogP contribution in [0.15, 0.2) is 42.5 Å². The molecule has 0 unspecified atom stereocenters. The van der Waals surface area contributed by atoms with Crippen molar-refractivity contribution in [2.75, 3.05) is 30.4 Å². The Hall–Kier alpha value is -2.33. The third-order valence-corrected chi connectivity index (χ3v) is 4.21. The molecule has 5 heteroatoms. The minimum Gasteiger partial charge on any atom is -0.377 e. The van der Waals surface area contributed by atoms with Gasteiger partial charge in [0, 0.05) is 43.3 Å². The van der Waals surface area contributed by atoms with E-state index >= 15 is 0 Å². The third kappa shape index (κ3) is 2.82. The summed E-state index contributed by atoms with van der Waals surface area (Å²) in [6.45, 7) is 0.368. The van der Waals surface area contributed by atoms with Gasteiger partial charge in [-0.15, -0.1) is 0 Å². The summed E-state index contributed by atoms with van der Waals surface area (Å²) in [4.78, 5) is 28.7. The Morgan fingerprint density at radius 2 is 1.91 bits per heavy atom. The van der Waals surface area contributed by atoms with Crippen molar-refractivity contribution < 1.29 is 9.59 Å². The van der Waals surface area contributed by atoms with Crippen molar-refractivity contribution in [2.45, 2.75) is 6.42 Å². The van der Waals surface area contributed by atoms with Crippen LogP contribution in [0.25, 0.3) is 0 Å². The van der Waals surface area contributed by atoms with E-state index in [1.165, 1.54) is 0 Å². The lowest BCUT2D eigenvalue weighted by Crippen LogP contribution is -2.38. The topological polar surface area (TPSA) is 40.6 Å². The number of para-hydroxylation sites is 1. The number of anilines is 2. The molecule has 0 aliphatic carbocycles. The number of halogens is 1. The van der Waals surface area contributed by atoms with E-state index in [1.807, 2.05) is 37.2 Å². The standard InChI is InChI=1S/C18H17ClN2O2/c1-20(2)15-6-4-3-5-14(15)18(23)21-10-9-17(22)13-8-7-12(19)11-16(13)21/h3-8,11H,9-10H2,1-2H3. The van der Waals surface area contributed by atoms with Gasteiger partial charge in [-0.05, 0) is 30.3 Å². The number of benzene rings is 2. The SMILES string of the molecule is CN(C)c1ccccc1C(=O)N1CCC(=O)c2ccc(Cl)cc21. The van der Waals surface area contributed by atoms with Crippen LogP contribution in [0.4, 0.5) is 11.4 Å². The van der Waals surface area contributed by atoms with Crippen LogP contribution in [-0.4, -0.2) is 32.3 Å². The highest BCUT2D eigenvalue weighted by molar-refractivity contribution is 6.31. The fraction of sp³-hybridized carbons (Fsp3) is 0.222. The molecule has 3 rings (SSSR count). The predicted molar refractivity (Wildman–Crippen MR) is 92.8 cm³/mol. The van der Waals surface area contributed by atoms with Gasteiger partial charge in [0.25, 0.3) is 5.91 Å². The van der Waals surface area contributed by atoms with Crippen molar-refractivity contribution in [2.24, 2.45) is 0 Å². The first kappa shape index (κ1) is 15.6. The molecule has 0 aromatic heterocycles. The lowest BCUT2D eigenvalue weighted by molar-refractivity contribution is 0.0955. The second-order valence-corrected chi connectivity index (χ2v) is 6.14. The Morgan fingerprint density at radius 1 is 1.17 bits per heavy atom. The fourth-order valence-electron chi connectivity index (χ4n) is 2.83. The van der Waals surface area contributed by atoms with Gasteiger partial charge in [0.15, 0.2) is 5.78 Å². The minimum atomic E-state index is -0.120. The monoisotopic (exact) mass is 328 g/mol. The Kier molecular flexibility index (Phi) is 4.09. The zero-order chi connectivity index (χ0) is 16.6. The number of hydrogen-bond donors (Lipinski definition) is 0. The first-order chi connectivity index (χ1) is 11.0. The summed E-state index contributed by atoms with van der Waals surface area (Å²) in [5.74, 6) is -0.0769. The van der Waals surface area contributed by atoms with Gasteiger partial charge in [0.1, 0.15) is 0 Å². The van der Waals surface area contributed by atoms with Gasteiger partial charge in [-0.1, -0.05) is 23.7 Å². The number of fused-ring (bicyclic) bond motifs is 1. The fourth-order valence-corrected chi connectivity index (χ4v) is 3.00. The molecule has 4 nitrogen and oxygen atoms in total. The molecule has 118 valence electrons. The first-order valence-electron chi connectivity index (χ1n) is 7.40. The van der Waals surface area contributed by atoms with E-state index in [0.717, 1.165) is 5.69 Å². The second-order valence-electron chi connectivity index (χ2n) is 5.70. The maximum absolute atomic E-state index is 13.1. The van der Waals surface area contributed by atoms with Crippen molar-refractivity contribution in [1.29, 1.82) is 0 Å². The van der Waals surface area contributed by atoms with Gasteiger partial charge < -0.3 is 9.80 Å². The Bertz CT molecular complexity index is 786. The van der Waals surface area contributed by atoms with E-state index in [1.54, 1.807) is 29.2 Å². The number of amides is 1. The number of nitrogens with zero attached hydrogens (tertiary/aromatic N) is 2. The lowest BCUT2D eigenvalue weighted by Gasteiger charge is -2.30. The normalized spacial score (nSPS) is 13.7. The predicted octanol–water partition coefficient (Wildman–Crippen LogP) is 3.64. The lowest BCUT2D eigenvalue weighted by atomic mass is 9.99. The van der Waals surface area contributed by atoms with Crippen LogP contribution in [-0.2, 0) is 0 Å². The molecule has 0 bridgehead atoms. The van der Waals surface area contributed by atoms with Gasteiger partial charge >= 0.3 is 0 Å². The molecule has 0 radical (unpaired) electrons. The molecule has 23 heavy (non-hydrogen) atoms. The average molecular weight is 329 g/mol. The highest BCUT2D eigenvalue weighted by Gasteiger charge is 2.29. The molecule has 1 heterocycles. The van der Waals surface area contributed by atoms with Crippen molar-refractivity contribution in [3.8, 4) is 0 Å². The van der Waals surface area contributed by atoms with Crippen LogP contribution in [0.1, 0.15) is 27.1 Å². The smallest absolute Gasteiger partial charge is 0.260 e. The van der Waals surface area contributed by atoms with Crippen LogP contribution in [0.3, 0.4) is 0 Å². The molecular weight excluding hydrogens is 312 g/mol. The van der Waals surface area contributed by atoms with E-state index < -0.39 is 0 Å². The van der Waals surface area contributed by atoms with E-state index in [-0.39, 0.29) is 11.7 Å². The molecule has 1 aliphatic heterocycles. The minimum absolute atomic E-state index is 0.0432. The van der Waals surface area contributed by atoms with Crippen LogP contribution in [0, 0.1) is 0 Å². The number of hydrogen-bond acceptors (Lipinski definition) is 3. The number of carbonyl (C=O) groups excluding carboxylic acids is 2. The number of ketones is 1. The zero-order valence-corrected chi connectivity index (χ0v) is 13.8. The largest absolute Gasteiger partial charge is 0.377 e. The Balaban J connectivity index is 2.07. The van der Waals surface area contributed by atoms with Crippen LogP contribution < -0.4 is 9.80 Å². The molecule has 0 atom stereocenters. The molecular formula is C18H17ClN2O2. The highest BCUT2D eigenvalue weighted by atomic mass is 35.5. The van der Waals surface area contributed by atoms with Gasteiger partial charge in [-0.2, -0.15) is 0 Å².